The van der Waals surface area contributed by atoms with Crippen molar-refractivity contribution in [2.45, 2.75) is 4.90 Å². The van der Waals surface area contributed by atoms with E-state index in [1.807, 2.05) is 85.9 Å². The van der Waals surface area contributed by atoms with Crippen LogP contribution in [0.15, 0.2) is 105 Å². The number of para-hydroxylation sites is 1. The Labute approximate surface area is 211 Å². The number of aromatic nitrogens is 1. The Morgan fingerprint density at radius 1 is 0.943 bits per heavy atom. The Morgan fingerprint density at radius 2 is 1.80 bits per heavy atom. The SMILES string of the molecule is COc1ccc2c(c1)N(C)C(=C1SC(=Nc3ccc4ncccc4c3)N(c3ccccc3)C1=O)S2. The number of rotatable bonds is 3. The number of benzene rings is 3. The monoisotopic (exact) mass is 496 g/mol. The van der Waals surface area contributed by atoms with Crippen molar-refractivity contribution in [1.82, 2.24) is 4.98 Å². The first-order chi connectivity index (χ1) is 17.1. The normalized spacial score (nSPS) is 18.6. The molecule has 6 nitrogen and oxygen atoms in total. The molecule has 1 saturated heterocycles. The van der Waals surface area contributed by atoms with Crippen molar-refractivity contribution in [3.05, 3.63) is 95.0 Å². The number of amidine groups is 1. The molecule has 0 bridgehead atoms. The fraction of sp³-hybridized carbons (Fsp3) is 0.0741. The van der Waals surface area contributed by atoms with Gasteiger partial charge < -0.3 is 9.64 Å². The molecule has 2 aliphatic heterocycles. The van der Waals surface area contributed by atoms with Gasteiger partial charge >= 0.3 is 0 Å². The first-order valence-electron chi connectivity index (χ1n) is 11.0. The lowest BCUT2D eigenvalue weighted by atomic mass is 10.2. The number of anilines is 2. The molecule has 0 aliphatic carbocycles. The average molecular weight is 497 g/mol. The lowest BCUT2D eigenvalue weighted by Crippen LogP contribution is -2.29. The van der Waals surface area contributed by atoms with Crippen LogP contribution in [0, 0.1) is 0 Å². The van der Waals surface area contributed by atoms with Gasteiger partial charge in [-0.3, -0.25) is 14.7 Å². The van der Waals surface area contributed by atoms with Gasteiger partial charge in [-0.1, -0.05) is 36.0 Å². The van der Waals surface area contributed by atoms with Gasteiger partial charge in [-0.2, -0.15) is 0 Å². The molecule has 0 saturated carbocycles. The Kier molecular flexibility index (Phi) is 5.47. The fourth-order valence-corrected chi connectivity index (χ4v) is 6.40. The van der Waals surface area contributed by atoms with Crippen molar-refractivity contribution in [1.29, 1.82) is 0 Å². The summed E-state index contributed by atoms with van der Waals surface area (Å²) in [6, 6.07) is 25.4. The van der Waals surface area contributed by atoms with Crippen molar-refractivity contribution in [2.24, 2.45) is 4.99 Å². The summed E-state index contributed by atoms with van der Waals surface area (Å²) < 4.78 is 5.40. The van der Waals surface area contributed by atoms with Crippen molar-refractivity contribution in [3.63, 3.8) is 0 Å². The number of hydrogen-bond donors (Lipinski definition) is 0. The smallest absolute Gasteiger partial charge is 0.274 e. The average Bonchev–Trinajstić information content (AvgIpc) is 3.39. The quantitative estimate of drug-likeness (QED) is 0.305. The first kappa shape index (κ1) is 21.8. The van der Waals surface area contributed by atoms with Gasteiger partial charge in [0, 0.05) is 29.6 Å². The summed E-state index contributed by atoms with van der Waals surface area (Å²) >= 11 is 2.99. The van der Waals surface area contributed by atoms with Gasteiger partial charge in [0.2, 0.25) is 0 Å². The third-order valence-electron chi connectivity index (χ3n) is 5.84. The molecule has 3 aromatic carbocycles. The van der Waals surface area contributed by atoms with E-state index in [9.17, 15) is 4.79 Å². The number of aliphatic imine (C=N–C) groups is 1. The van der Waals surface area contributed by atoms with Crippen LogP contribution in [0.1, 0.15) is 0 Å². The second-order valence-electron chi connectivity index (χ2n) is 7.98. The Bertz CT molecular complexity index is 1540. The molecule has 1 fully saturated rings. The van der Waals surface area contributed by atoms with Crippen LogP contribution in [0.3, 0.4) is 0 Å². The predicted molar refractivity (Wildman–Crippen MR) is 145 cm³/mol. The maximum atomic E-state index is 13.8. The number of amides is 1. The van der Waals surface area contributed by atoms with E-state index in [1.165, 1.54) is 11.8 Å². The zero-order chi connectivity index (χ0) is 23.9. The van der Waals surface area contributed by atoms with Gasteiger partial charge in [0.05, 0.1) is 34.7 Å². The van der Waals surface area contributed by atoms with Crippen LogP contribution in [0.2, 0.25) is 0 Å². The number of carbonyl (C=O) groups is 1. The molecule has 0 unspecified atom stereocenters. The Morgan fingerprint density at radius 3 is 2.63 bits per heavy atom. The van der Waals surface area contributed by atoms with Crippen LogP contribution in [0.4, 0.5) is 17.1 Å². The molecule has 0 spiro atoms. The molecule has 35 heavy (non-hydrogen) atoms. The van der Waals surface area contributed by atoms with Gasteiger partial charge in [-0.25, -0.2) is 4.99 Å². The molecule has 1 aromatic heterocycles. The second kappa shape index (κ2) is 8.79. The number of pyridine rings is 1. The molecule has 8 heteroatoms. The summed E-state index contributed by atoms with van der Waals surface area (Å²) in [6.45, 7) is 0. The molecule has 4 aromatic rings. The standard InChI is InChI=1S/C27H20N4O2S2/c1-30-22-16-20(33-2)11-13-23(22)34-26(30)24-25(32)31(19-8-4-3-5-9-19)27(35-24)29-18-10-12-21-17(15-18)7-6-14-28-21/h3-16H,1-2H3. The Hall–Kier alpha value is -3.75. The van der Waals surface area contributed by atoms with Gasteiger partial charge in [-0.05, 0) is 60.3 Å². The Balaban J connectivity index is 1.45. The van der Waals surface area contributed by atoms with Gasteiger partial charge in [0.15, 0.2) is 5.17 Å². The number of ether oxygens (including phenoxy) is 1. The number of methoxy groups -OCH3 is 1. The number of hydrogen-bond acceptors (Lipinski definition) is 7. The van der Waals surface area contributed by atoms with Gasteiger partial charge in [0.25, 0.3) is 5.91 Å². The van der Waals surface area contributed by atoms with Crippen LogP contribution in [-0.4, -0.2) is 30.2 Å². The zero-order valence-electron chi connectivity index (χ0n) is 19.0. The molecule has 0 radical (unpaired) electrons. The number of carbonyl (C=O) groups excluding carboxylic acids is 1. The minimum absolute atomic E-state index is 0.0865. The summed E-state index contributed by atoms with van der Waals surface area (Å²) in [5.74, 6) is 0.698. The third kappa shape index (κ3) is 3.84. The minimum atomic E-state index is -0.0865. The van der Waals surface area contributed by atoms with E-state index in [0.717, 1.165) is 43.6 Å². The zero-order valence-corrected chi connectivity index (χ0v) is 20.6. The highest BCUT2D eigenvalue weighted by Crippen LogP contribution is 2.51. The highest BCUT2D eigenvalue weighted by molar-refractivity contribution is 8.20. The largest absolute Gasteiger partial charge is 0.497 e. The highest BCUT2D eigenvalue weighted by Gasteiger charge is 2.40. The molecule has 2 aliphatic rings. The van der Waals surface area contributed by atoms with Gasteiger partial charge in [-0.15, -0.1) is 0 Å². The summed E-state index contributed by atoms with van der Waals surface area (Å²) in [5.41, 5.74) is 3.48. The summed E-state index contributed by atoms with van der Waals surface area (Å²) in [4.78, 5) is 28.6. The molecule has 3 heterocycles. The van der Waals surface area contributed by atoms with Crippen LogP contribution < -0.4 is 14.5 Å². The summed E-state index contributed by atoms with van der Waals surface area (Å²) in [5, 5.41) is 2.51. The third-order valence-corrected chi connectivity index (χ3v) is 8.23. The fourth-order valence-electron chi connectivity index (χ4n) is 4.08. The van der Waals surface area contributed by atoms with E-state index >= 15 is 0 Å². The van der Waals surface area contributed by atoms with Gasteiger partial charge in [0.1, 0.15) is 10.7 Å². The van der Waals surface area contributed by atoms with E-state index in [-0.39, 0.29) is 5.91 Å². The molecule has 6 rings (SSSR count). The van der Waals surface area contributed by atoms with Crippen LogP contribution in [0.5, 0.6) is 5.75 Å². The molecule has 1 amide bonds. The van der Waals surface area contributed by atoms with Crippen LogP contribution >= 0.6 is 23.5 Å². The second-order valence-corrected chi connectivity index (χ2v) is 9.99. The van der Waals surface area contributed by atoms with Crippen molar-refractivity contribution in [3.8, 4) is 5.75 Å². The van der Waals surface area contributed by atoms with Crippen molar-refractivity contribution < 1.29 is 9.53 Å². The molecule has 172 valence electrons. The number of thioether (sulfide) groups is 2. The number of fused-ring (bicyclic) bond motifs is 2. The molecule has 0 atom stereocenters. The molecule has 0 N–H and O–H groups in total. The van der Waals surface area contributed by atoms with Crippen molar-refractivity contribution >= 4 is 62.6 Å². The maximum Gasteiger partial charge on any atom is 0.274 e. The van der Waals surface area contributed by atoms with Crippen molar-refractivity contribution in [2.75, 3.05) is 24.0 Å². The predicted octanol–water partition coefficient (Wildman–Crippen LogP) is 6.42. The van der Waals surface area contributed by atoms with Crippen LogP contribution in [0.25, 0.3) is 10.9 Å². The summed E-state index contributed by atoms with van der Waals surface area (Å²) in [7, 11) is 3.63. The van der Waals surface area contributed by atoms with E-state index < -0.39 is 0 Å². The summed E-state index contributed by atoms with van der Waals surface area (Å²) in [6.07, 6.45) is 1.78. The number of nitrogens with zero attached hydrogens (tertiary/aromatic N) is 4. The lowest BCUT2D eigenvalue weighted by Gasteiger charge is -2.17. The topological polar surface area (TPSA) is 58.0 Å². The van der Waals surface area contributed by atoms with Crippen LogP contribution in [-0.2, 0) is 4.79 Å². The van der Waals surface area contributed by atoms with E-state index in [1.54, 1.807) is 30.0 Å². The van der Waals surface area contributed by atoms with E-state index in [2.05, 4.69) is 9.88 Å². The minimum Gasteiger partial charge on any atom is -0.497 e. The molecular formula is C27H20N4O2S2. The lowest BCUT2D eigenvalue weighted by molar-refractivity contribution is -0.113. The van der Waals surface area contributed by atoms with E-state index in [0.29, 0.717) is 10.1 Å². The maximum absolute atomic E-state index is 13.8. The first-order valence-corrected chi connectivity index (χ1v) is 12.6. The van der Waals surface area contributed by atoms with E-state index in [4.69, 9.17) is 9.73 Å². The molecular weight excluding hydrogens is 476 g/mol. The highest BCUT2D eigenvalue weighted by atomic mass is 32.2.